The second-order valence-corrected chi connectivity index (χ2v) is 21.3. The van der Waals surface area contributed by atoms with Crippen LogP contribution in [0.3, 0.4) is 0 Å². The normalized spacial score (nSPS) is 12.0. The van der Waals surface area contributed by atoms with Crippen molar-refractivity contribution in [1.29, 1.82) is 0 Å². The maximum Gasteiger partial charge on any atom is 0.306 e. The molecule has 1 unspecified atom stereocenters. The van der Waals surface area contributed by atoms with Gasteiger partial charge in [-0.2, -0.15) is 0 Å². The van der Waals surface area contributed by atoms with Gasteiger partial charge in [0, 0.05) is 19.3 Å². The predicted molar refractivity (Wildman–Crippen MR) is 298 cm³/mol. The fraction of sp³-hybridized carbons (Fsp3) is 0.921. The molecule has 1 atom stereocenters. The van der Waals surface area contributed by atoms with Gasteiger partial charge in [0.1, 0.15) is 13.2 Å². The molecule has 0 aliphatic rings. The lowest BCUT2D eigenvalue weighted by molar-refractivity contribution is -0.167. The van der Waals surface area contributed by atoms with E-state index < -0.39 is 6.10 Å². The van der Waals surface area contributed by atoms with Gasteiger partial charge in [-0.15, -0.1) is 0 Å². The molecule has 0 spiro atoms. The summed E-state index contributed by atoms with van der Waals surface area (Å²) in [4.78, 5) is 38.0. The van der Waals surface area contributed by atoms with E-state index in [0.29, 0.717) is 19.3 Å². The lowest BCUT2D eigenvalue weighted by atomic mass is 10.0. The van der Waals surface area contributed by atoms with Gasteiger partial charge in [-0.3, -0.25) is 14.4 Å². The number of carbonyl (C=O) groups excluding carboxylic acids is 3. The Labute approximate surface area is 431 Å². The van der Waals surface area contributed by atoms with Crippen molar-refractivity contribution in [3.8, 4) is 0 Å². The second-order valence-electron chi connectivity index (χ2n) is 21.3. The number of esters is 3. The lowest BCUT2D eigenvalue weighted by Crippen LogP contribution is -2.30. The summed E-state index contributed by atoms with van der Waals surface area (Å²) in [6, 6.07) is 0. The van der Waals surface area contributed by atoms with E-state index in [1.54, 1.807) is 0 Å². The summed E-state index contributed by atoms with van der Waals surface area (Å²) in [5.74, 6) is -0.846. The van der Waals surface area contributed by atoms with Crippen LogP contribution in [0.1, 0.15) is 355 Å². The van der Waals surface area contributed by atoms with Crippen molar-refractivity contribution >= 4 is 17.9 Å². The first kappa shape index (κ1) is 67.1. The molecular formula is C63H120O6. The van der Waals surface area contributed by atoms with Gasteiger partial charge in [0.15, 0.2) is 6.10 Å². The number of hydrogen-bond donors (Lipinski definition) is 0. The first-order valence-electron chi connectivity index (χ1n) is 31.2. The fourth-order valence-electron chi connectivity index (χ4n) is 9.56. The van der Waals surface area contributed by atoms with E-state index in [9.17, 15) is 14.4 Å². The smallest absolute Gasteiger partial charge is 0.306 e. The molecule has 0 aromatic rings. The largest absolute Gasteiger partial charge is 0.462 e. The highest BCUT2D eigenvalue weighted by Crippen LogP contribution is 2.18. The summed E-state index contributed by atoms with van der Waals surface area (Å²) < 4.78 is 16.8. The molecule has 6 heteroatoms. The summed E-state index contributed by atoms with van der Waals surface area (Å²) in [5.41, 5.74) is 0. The molecule has 0 aliphatic heterocycles. The molecule has 0 aromatic heterocycles. The molecule has 0 saturated heterocycles. The van der Waals surface area contributed by atoms with Crippen LogP contribution in [0.15, 0.2) is 12.2 Å². The van der Waals surface area contributed by atoms with E-state index in [-0.39, 0.29) is 31.1 Å². The second kappa shape index (κ2) is 58.7. The first-order valence-corrected chi connectivity index (χ1v) is 31.2. The number of carbonyl (C=O) groups is 3. The number of hydrogen-bond acceptors (Lipinski definition) is 6. The van der Waals surface area contributed by atoms with Gasteiger partial charge < -0.3 is 14.2 Å². The van der Waals surface area contributed by atoms with Gasteiger partial charge in [0.05, 0.1) is 0 Å². The van der Waals surface area contributed by atoms with Gasteiger partial charge in [-0.05, 0) is 44.9 Å². The van der Waals surface area contributed by atoms with Crippen LogP contribution >= 0.6 is 0 Å². The van der Waals surface area contributed by atoms with Crippen LogP contribution in [0.4, 0.5) is 0 Å². The highest BCUT2D eigenvalue weighted by molar-refractivity contribution is 5.71. The lowest BCUT2D eigenvalue weighted by Gasteiger charge is -2.18. The summed E-state index contributed by atoms with van der Waals surface area (Å²) >= 11 is 0. The van der Waals surface area contributed by atoms with Gasteiger partial charge in [0.2, 0.25) is 0 Å². The molecule has 0 heterocycles. The zero-order valence-electron chi connectivity index (χ0n) is 46.9. The van der Waals surface area contributed by atoms with Crippen molar-refractivity contribution in [3.63, 3.8) is 0 Å². The Morgan fingerprint density at radius 1 is 0.275 bits per heavy atom. The van der Waals surface area contributed by atoms with Crippen LogP contribution in [0.5, 0.6) is 0 Å². The molecule has 0 bridgehead atoms. The SMILES string of the molecule is CCCCCCCCCC/C=C\CCCCCCCCCCCCCC(=O)OCC(COC(=O)CCCCCCCCC)OC(=O)CCCCCCCCCCCCCCCCCCCCCCC. The van der Waals surface area contributed by atoms with Crippen molar-refractivity contribution in [3.05, 3.63) is 12.2 Å². The standard InChI is InChI=1S/C63H120O6/c1-4-7-10-13-16-18-20-22-24-26-28-30-31-33-34-36-38-40-42-44-47-50-53-56-62(65)68-59-60(58-67-61(64)55-52-49-46-15-12-9-6-3)69-63(66)57-54-51-48-45-43-41-39-37-35-32-29-27-25-23-21-19-17-14-11-8-5-2/h26,28,60H,4-25,27,29-59H2,1-3H3/b28-26-. The van der Waals surface area contributed by atoms with Crippen LogP contribution in [0.2, 0.25) is 0 Å². The van der Waals surface area contributed by atoms with E-state index in [2.05, 4.69) is 32.9 Å². The highest BCUT2D eigenvalue weighted by atomic mass is 16.6. The molecular weight excluding hydrogens is 853 g/mol. The molecule has 0 radical (unpaired) electrons. The zero-order chi connectivity index (χ0) is 50.0. The van der Waals surface area contributed by atoms with E-state index in [1.807, 2.05) is 0 Å². The molecule has 0 fully saturated rings. The number of ether oxygens (including phenoxy) is 3. The Kier molecular flexibility index (Phi) is 57.1. The minimum Gasteiger partial charge on any atom is -0.462 e. The monoisotopic (exact) mass is 973 g/mol. The molecule has 0 rings (SSSR count). The maximum atomic E-state index is 12.8. The molecule has 69 heavy (non-hydrogen) atoms. The highest BCUT2D eigenvalue weighted by Gasteiger charge is 2.19. The van der Waals surface area contributed by atoms with Crippen LogP contribution in [0.25, 0.3) is 0 Å². The van der Waals surface area contributed by atoms with Crippen molar-refractivity contribution in [2.24, 2.45) is 0 Å². The van der Waals surface area contributed by atoms with Crippen LogP contribution in [-0.4, -0.2) is 37.2 Å². The van der Waals surface area contributed by atoms with E-state index in [0.717, 1.165) is 57.8 Å². The van der Waals surface area contributed by atoms with Crippen LogP contribution in [-0.2, 0) is 28.6 Å². The van der Waals surface area contributed by atoms with Gasteiger partial charge in [-0.25, -0.2) is 0 Å². The van der Waals surface area contributed by atoms with E-state index >= 15 is 0 Å². The zero-order valence-corrected chi connectivity index (χ0v) is 46.9. The predicted octanol–water partition coefficient (Wildman–Crippen LogP) is 20.9. The quantitative estimate of drug-likeness (QED) is 0.0261. The maximum absolute atomic E-state index is 12.8. The van der Waals surface area contributed by atoms with Gasteiger partial charge in [-0.1, -0.05) is 303 Å². The van der Waals surface area contributed by atoms with Crippen molar-refractivity contribution in [2.45, 2.75) is 361 Å². The average molecular weight is 974 g/mol. The Hall–Kier alpha value is -1.85. The third kappa shape index (κ3) is 56.9. The number of allylic oxidation sites excluding steroid dienone is 2. The molecule has 0 saturated carbocycles. The number of unbranched alkanes of at least 4 members (excludes halogenated alkanes) is 45. The van der Waals surface area contributed by atoms with Crippen LogP contribution in [0, 0.1) is 0 Å². The molecule has 408 valence electrons. The topological polar surface area (TPSA) is 78.9 Å². The van der Waals surface area contributed by atoms with Gasteiger partial charge >= 0.3 is 17.9 Å². The Bertz CT molecular complexity index is 1070. The van der Waals surface area contributed by atoms with Gasteiger partial charge in [0.25, 0.3) is 0 Å². The fourth-order valence-corrected chi connectivity index (χ4v) is 9.56. The molecule has 6 nitrogen and oxygen atoms in total. The molecule has 0 N–H and O–H groups in total. The Morgan fingerprint density at radius 3 is 0.725 bits per heavy atom. The molecule has 0 aliphatic carbocycles. The summed E-state index contributed by atoms with van der Waals surface area (Å²) in [6.45, 7) is 6.66. The van der Waals surface area contributed by atoms with Crippen molar-refractivity contribution in [2.75, 3.05) is 13.2 Å². The minimum atomic E-state index is -0.763. The molecule has 0 amide bonds. The van der Waals surface area contributed by atoms with Crippen molar-refractivity contribution in [1.82, 2.24) is 0 Å². The summed E-state index contributed by atoms with van der Waals surface area (Å²) in [5, 5.41) is 0. The average Bonchev–Trinajstić information content (AvgIpc) is 3.35. The third-order valence-electron chi connectivity index (χ3n) is 14.3. The Morgan fingerprint density at radius 2 is 0.478 bits per heavy atom. The first-order chi connectivity index (χ1) is 34.0. The number of rotatable bonds is 58. The Balaban J connectivity index is 4.09. The molecule has 0 aromatic carbocycles. The minimum absolute atomic E-state index is 0.0648. The van der Waals surface area contributed by atoms with Crippen molar-refractivity contribution < 1.29 is 28.6 Å². The summed E-state index contributed by atoms with van der Waals surface area (Å²) in [6.07, 6.45) is 68.2. The van der Waals surface area contributed by atoms with E-state index in [4.69, 9.17) is 14.2 Å². The van der Waals surface area contributed by atoms with E-state index in [1.165, 1.54) is 257 Å². The van der Waals surface area contributed by atoms with Crippen LogP contribution < -0.4 is 0 Å². The summed E-state index contributed by atoms with van der Waals surface area (Å²) in [7, 11) is 0. The third-order valence-corrected chi connectivity index (χ3v) is 14.3.